The second-order valence-electron chi connectivity index (χ2n) is 9.28. The largest absolute Gasteiger partial charge is 0.748 e. The summed E-state index contributed by atoms with van der Waals surface area (Å²) in [7, 11) is -6.26. The van der Waals surface area contributed by atoms with Gasteiger partial charge in [-0.3, -0.25) is 9.59 Å². The van der Waals surface area contributed by atoms with Crippen molar-refractivity contribution >= 4 is 141 Å². The SMILES string of the molecule is O=C(OC1C2CC3C1OC(=O)C3C2C(=O)OC(CS(=O)(=O)[O-])(C(F)(F)F)C(F)(F)F)c1c(I)c(I)c(I)c(I)c1I. The molecule has 0 radical (unpaired) electrons. The number of benzene rings is 1. The number of hydrogen-bond acceptors (Lipinski definition) is 9. The molecule has 0 aromatic heterocycles. The van der Waals surface area contributed by atoms with Crippen molar-refractivity contribution in [3.05, 3.63) is 23.4 Å². The molecule has 6 atom stereocenters. The maximum absolute atomic E-state index is 13.7. The lowest BCUT2D eigenvalue weighted by atomic mass is 9.78. The Labute approximate surface area is 294 Å². The van der Waals surface area contributed by atoms with Crippen LogP contribution in [0.3, 0.4) is 0 Å². The summed E-state index contributed by atoms with van der Waals surface area (Å²) in [6.45, 7) is 0. The van der Waals surface area contributed by atoms with E-state index in [0.717, 1.165) is 3.57 Å². The van der Waals surface area contributed by atoms with Gasteiger partial charge in [-0.15, -0.1) is 0 Å². The molecule has 0 N–H and O–H groups in total. The minimum absolute atomic E-state index is 0.122. The monoisotopic (exact) mass is 1170 g/mol. The smallest absolute Gasteiger partial charge is 0.438 e. The van der Waals surface area contributed by atoms with E-state index in [1.54, 1.807) is 0 Å². The van der Waals surface area contributed by atoms with E-state index in [1.165, 1.54) is 0 Å². The number of carbonyl (C=O) groups excluding carboxylic acids is 3. The van der Waals surface area contributed by atoms with Gasteiger partial charge in [0.15, 0.2) is 0 Å². The highest BCUT2D eigenvalue weighted by molar-refractivity contribution is 14.1. The number of carbonyl (C=O) groups is 3. The number of halogens is 11. The van der Waals surface area contributed by atoms with E-state index in [2.05, 4.69) is 27.3 Å². The third kappa shape index (κ3) is 5.92. The van der Waals surface area contributed by atoms with E-state index >= 15 is 0 Å². The van der Waals surface area contributed by atoms with Crippen molar-refractivity contribution < 1.29 is 67.9 Å². The minimum Gasteiger partial charge on any atom is -0.748 e. The summed E-state index contributed by atoms with van der Waals surface area (Å²) in [5.74, 6) is -13.1. The molecule has 1 heterocycles. The molecule has 1 saturated heterocycles. The predicted molar refractivity (Wildman–Crippen MR) is 163 cm³/mol. The Balaban J connectivity index is 1.70. The Bertz CT molecular complexity index is 1410. The molecule has 2 saturated carbocycles. The van der Waals surface area contributed by atoms with Crippen LogP contribution in [0.5, 0.6) is 0 Å². The van der Waals surface area contributed by atoms with E-state index in [9.17, 15) is 53.7 Å². The maximum atomic E-state index is 13.7. The summed E-state index contributed by atoms with van der Waals surface area (Å²) >= 11 is 9.92. The number of esters is 3. The summed E-state index contributed by atoms with van der Waals surface area (Å²) in [4.78, 5) is 38.9. The van der Waals surface area contributed by atoms with Gasteiger partial charge in [0, 0.05) is 29.7 Å². The van der Waals surface area contributed by atoms with Gasteiger partial charge in [0.1, 0.15) is 12.2 Å². The number of alkyl halides is 6. The molecule has 0 spiro atoms. The van der Waals surface area contributed by atoms with Crippen LogP contribution >= 0.6 is 113 Å². The highest BCUT2D eigenvalue weighted by atomic mass is 127. The zero-order valence-corrected chi connectivity index (χ0v) is 30.7. The van der Waals surface area contributed by atoms with E-state index in [1.807, 2.05) is 90.4 Å². The lowest BCUT2D eigenvalue weighted by Gasteiger charge is -2.39. The van der Waals surface area contributed by atoms with Crippen molar-refractivity contribution in [2.45, 2.75) is 36.6 Å². The normalized spacial score (nSPS) is 27.7. The first-order chi connectivity index (χ1) is 18.5. The van der Waals surface area contributed by atoms with Crippen molar-refractivity contribution in [2.75, 3.05) is 5.75 Å². The van der Waals surface area contributed by atoms with E-state index < -0.39 is 87.6 Å². The van der Waals surface area contributed by atoms with Crippen molar-refractivity contribution in [1.29, 1.82) is 0 Å². The Morgan fingerprint density at radius 1 is 0.902 bits per heavy atom. The van der Waals surface area contributed by atoms with Gasteiger partial charge in [-0.1, -0.05) is 0 Å². The van der Waals surface area contributed by atoms with Crippen LogP contribution in [-0.2, 0) is 33.9 Å². The van der Waals surface area contributed by atoms with E-state index in [0.29, 0.717) is 14.3 Å². The van der Waals surface area contributed by atoms with Crippen LogP contribution in [0, 0.1) is 41.5 Å². The molecular formula is C20H10F6I5O9S-. The predicted octanol–water partition coefficient (Wildman–Crippen LogP) is 4.99. The number of hydrogen-bond donors (Lipinski definition) is 0. The van der Waals surface area contributed by atoms with Crippen LogP contribution in [0.4, 0.5) is 26.3 Å². The van der Waals surface area contributed by atoms with Gasteiger partial charge in [0.25, 0.3) is 0 Å². The average molecular weight is 1170 g/mol. The van der Waals surface area contributed by atoms with Crippen LogP contribution in [0.2, 0.25) is 0 Å². The van der Waals surface area contributed by atoms with Gasteiger partial charge in [-0.25, -0.2) is 13.2 Å². The molecule has 3 fully saturated rings. The van der Waals surface area contributed by atoms with Crippen LogP contribution in [0.25, 0.3) is 0 Å². The minimum atomic E-state index is -6.58. The van der Waals surface area contributed by atoms with E-state index in [-0.39, 0.29) is 12.0 Å². The van der Waals surface area contributed by atoms with Crippen molar-refractivity contribution in [2.24, 2.45) is 23.7 Å². The van der Waals surface area contributed by atoms with Crippen LogP contribution < -0.4 is 0 Å². The molecule has 1 aliphatic heterocycles. The summed E-state index contributed by atoms with van der Waals surface area (Å²) in [5.41, 5.74) is -5.58. The summed E-state index contributed by atoms with van der Waals surface area (Å²) < 4.78 is 134. The van der Waals surface area contributed by atoms with Gasteiger partial charge in [-0.2, -0.15) is 26.3 Å². The molecule has 0 amide bonds. The van der Waals surface area contributed by atoms with Gasteiger partial charge in [-0.05, 0) is 119 Å². The molecule has 1 aromatic carbocycles. The first-order valence-electron chi connectivity index (χ1n) is 10.8. The molecule has 9 nitrogen and oxygen atoms in total. The summed E-state index contributed by atoms with van der Waals surface area (Å²) in [5, 5.41) is 0. The third-order valence-electron chi connectivity index (χ3n) is 7.05. The van der Waals surface area contributed by atoms with Crippen molar-refractivity contribution in [3.8, 4) is 0 Å². The molecule has 21 heteroatoms. The number of rotatable bonds is 6. The zero-order valence-electron chi connectivity index (χ0n) is 19.1. The molecule has 4 rings (SSSR count). The number of fused-ring (bicyclic) bond motifs is 1. The fraction of sp³-hybridized carbons (Fsp3) is 0.550. The summed E-state index contributed by atoms with van der Waals surface area (Å²) in [6.07, 6.45) is -15.8. The van der Waals surface area contributed by atoms with Gasteiger partial charge < -0.3 is 18.8 Å². The topological polar surface area (TPSA) is 136 Å². The molecular weight excluding hydrogens is 1160 g/mol. The van der Waals surface area contributed by atoms with Crippen LogP contribution in [0.1, 0.15) is 16.8 Å². The van der Waals surface area contributed by atoms with Crippen LogP contribution in [-0.4, -0.2) is 66.8 Å². The molecule has 3 aliphatic rings. The molecule has 228 valence electrons. The Morgan fingerprint density at radius 3 is 1.85 bits per heavy atom. The lowest BCUT2D eigenvalue weighted by Crippen LogP contribution is -2.64. The molecule has 2 aliphatic carbocycles. The van der Waals surface area contributed by atoms with Crippen molar-refractivity contribution in [3.63, 3.8) is 0 Å². The quantitative estimate of drug-likeness (QED) is 0.0735. The first kappa shape index (κ1) is 34.6. The van der Waals surface area contributed by atoms with Crippen LogP contribution in [0.15, 0.2) is 0 Å². The first-order valence-corrected chi connectivity index (χ1v) is 17.7. The second kappa shape index (κ2) is 11.5. The van der Waals surface area contributed by atoms with Gasteiger partial charge in [0.2, 0.25) is 0 Å². The Kier molecular flexibility index (Phi) is 9.75. The molecule has 1 aromatic rings. The molecule has 6 unspecified atom stereocenters. The van der Waals surface area contributed by atoms with E-state index in [4.69, 9.17) is 9.47 Å². The second-order valence-corrected chi connectivity index (χ2v) is 16.1. The highest BCUT2D eigenvalue weighted by Gasteiger charge is 2.77. The molecule has 41 heavy (non-hydrogen) atoms. The summed E-state index contributed by atoms with van der Waals surface area (Å²) in [6, 6.07) is 0. The fourth-order valence-electron chi connectivity index (χ4n) is 5.39. The Hall–Kier alpha value is 0.770. The molecule has 2 bridgehead atoms. The van der Waals surface area contributed by atoms with Gasteiger partial charge >= 0.3 is 35.9 Å². The maximum Gasteiger partial charge on any atom is 0.438 e. The number of ether oxygens (including phenoxy) is 3. The fourth-order valence-corrected chi connectivity index (χ4v) is 11.5. The zero-order chi connectivity index (χ0) is 31.2. The van der Waals surface area contributed by atoms with Crippen molar-refractivity contribution in [1.82, 2.24) is 0 Å². The highest BCUT2D eigenvalue weighted by Crippen LogP contribution is 2.60. The lowest BCUT2D eigenvalue weighted by molar-refractivity contribution is -0.362. The van der Waals surface area contributed by atoms with Gasteiger partial charge in [0.05, 0.1) is 33.3 Å². The standard InChI is InChI=1S/C20H11F6I5O9S/c21-19(22,23)18(20(24,25)26,2-41(35,36)37)40-17(34)6-4-1-3-5(6)15(32)38-13(3)14(4)39-16(33)7-8(27)10(29)12(31)11(30)9(7)28/h3-6,13-14H,1-2H2,(H,35,36,37)/p-1. The Morgan fingerprint density at radius 2 is 1.39 bits per heavy atom. The average Bonchev–Trinajstić information content (AvgIpc) is 3.42. The third-order valence-corrected chi connectivity index (χ3v) is 17.3.